The Bertz CT molecular complexity index is 485. The topological polar surface area (TPSA) is 40.5 Å². The van der Waals surface area contributed by atoms with Crippen LogP contribution in [0.2, 0.25) is 0 Å². The summed E-state index contributed by atoms with van der Waals surface area (Å²) in [6.45, 7) is 5.25. The van der Waals surface area contributed by atoms with Crippen molar-refractivity contribution in [3.63, 3.8) is 0 Å². The molecule has 1 amide bonds. The number of hydrogen-bond acceptors (Lipinski definition) is 2. The highest BCUT2D eigenvalue weighted by molar-refractivity contribution is 14.1. The molecule has 1 aromatic carbocycles. The van der Waals surface area contributed by atoms with Crippen LogP contribution in [0.3, 0.4) is 0 Å². The van der Waals surface area contributed by atoms with E-state index in [2.05, 4.69) is 22.6 Å². The molecule has 0 spiro atoms. The lowest BCUT2D eigenvalue weighted by Crippen LogP contribution is -2.34. The molecule has 1 N–H and O–H groups in total. The van der Waals surface area contributed by atoms with Crippen LogP contribution in [-0.2, 0) is 0 Å². The number of halogens is 1. The maximum absolute atomic E-state index is 12.6. The molecule has 1 aliphatic heterocycles. The first-order valence-corrected chi connectivity index (χ1v) is 7.75. The van der Waals surface area contributed by atoms with Gasteiger partial charge in [-0.3, -0.25) is 4.79 Å². The van der Waals surface area contributed by atoms with E-state index in [4.69, 9.17) is 0 Å². The zero-order valence-electron chi connectivity index (χ0n) is 11.4. The van der Waals surface area contributed by atoms with Gasteiger partial charge in [0.05, 0.1) is 11.2 Å². The van der Waals surface area contributed by atoms with Crippen LogP contribution >= 0.6 is 22.6 Å². The molecular formula is C15H20INO2. The second-order valence-corrected chi connectivity index (χ2v) is 6.66. The van der Waals surface area contributed by atoms with Gasteiger partial charge in [-0.1, -0.05) is 12.1 Å². The normalized spacial score (nSPS) is 24.1. The largest absolute Gasteiger partial charge is 0.390 e. The van der Waals surface area contributed by atoms with Crippen LogP contribution in [0.5, 0.6) is 0 Å². The van der Waals surface area contributed by atoms with Crippen molar-refractivity contribution in [3.8, 4) is 0 Å². The first-order valence-electron chi connectivity index (χ1n) is 6.67. The molecule has 0 saturated carbocycles. The maximum Gasteiger partial charge on any atom is 0.254 e. The molecule has 19 heavy (non-hydrogen) atoms. The van der Waals surface area contributed by atoms with Gasteiger partial charge in [-0.2, -0.15) is 0 Å². The average molecular weight is 373 g/mol. The third kappa shape index (κ3) is 3.48. The molecule has 1 aliphatic rings. The summed E-state index contributed by atoms with van der Waals surface area (Å²) in [5.74, 6) is 0.0887. The first-order chi connectivity index (χ1) is 8.91. The molecule has 1 aromatic rings. The van der Waals surface area contributed by atoms with Gasteiger partial charge in [-0.25, -0.2) is 0 Å². The molecular weight excluding hydrogens is 353 g/mol. The van der Waals surface area contributed by atoms with Gasteiger partial charge in [0.15, 0.2) is 0 Å². The monoisotopic (exact) mass is 373 g/mol. The Morgan fingerprint density at radius 3 is 2.84 bits per heavy atom. The van der Waals surface area contributed by atoms with E-state index in [0.717, 1.165) is 34.1 Å². The summed E-state index contributed by atoms with van der Waals surface area (Å²) in [5.41, 5.74) is 1.28. The molecule has 1 fully saturated rings. The van der Waals surface area contributed by atoms with E-state index < -0.39 is 5.60 Å². The van der Waals surface area contributed by atoms with Crippen molar-refractivity contribution in [1.29, 1.82) is 0 Å². The van der Waals surface area contributed by atoms with Crippen LogP contribution in [0.1, 0.15) is 42.1 Å². The third-order valence-corrected chi connectivity index (χ3v) is 5.20. The molecule has 0 radical (unpaired) electrons. The van der Waals surface area contributed by atoms with Crippen LogP contribution < -0.4 is 0 Å². The zero-order chi connectivity index (χ0) is 14.0. The number of hydrogen-bond donors (Lipinski definition) is 1. The highest BCUT2D eigenvalue weighted by Gasteiger charge is 2.28. The summed E-state index contributed by atoms with van der Waals surface area (Å²) < 4.78 is 1.03. The summed E-state index contributed by atoms with van der Waals surface area (Å²) in [6.07, 6.45) is 2.28. The summed E-state index contributed by atoms with van der Waals surface area (Å²) in [7, 11) is 0. The summed E-state index contributed by atoms with van der Waals surface area (Å²) >= 11 is 2.24. The Morgan fingerprint density at radius 2 is 2.11 bits per heavy atom. The first kappa shape index (κ1) is 14.8. The molecule has 0 aliphatic carbocycles. The van der Waals surface area contributed by atoms with Crippen molar-refractivity contribution in [3.05, 3.63) is 32.9 Å². The van der Waals surface area contributed by atoms with E-state index in [1.165, 1.54) is 0 Å². The molecule has 3 nitrogen and oxygen atoms in total. The van der Waals surface area contributed by atoms with E-state index >= 15 is 0 Å². The number of aliphatic hydroxyl groups is 1. The quantitative estimate of drug-likeness (QED) is 0.769. The van der Waals surface area contributed by atoms with Crippen molar-refractivity contribution in [2.45, 2.75) is 38.7 Å². The van der Waals surface area contributed by atoms with Gasteiger partial charge in [0.25, 0.3) is 5.91 Å². The number of nitrogens with zero attached hydrogens (tertiary/aromatic N) is 1. The maximum atomic E-state index is 12.6. The number of rotatable bonds is 1. The van der Waals surface area contributed by atoms with Crippen molar-refractivity contribution >= 4 is 28.5 Å². The SMILES string of the molecule is Cc1cccc(C(=O)N2CCCC(C)(O)CC2)c1I. The van der Waals surface area contributed by atoms with Crippen LogP contribution in [-0.4, -0.2) is 34.6 Å². The third-order valence-electron chi connectivity index (χ3n) is 3.77. The van der Waals surface area contributed by atoms with Gasteiger partial charge >= 0.3 is 0 Å². The fraction of sp³-hybridized carbons (Fsp3) is 0.533. The lowest BCUT2D eigenvalue weighted by atomic mass is 9.98. The van der Waals surface area contributed by atoms with E-state index in [0.29, 0.717) is 13.0 Å². The Labute approximate surface area is 128 Å². The predicted octanol–water partition coefficient (Wildman–Crippen LogP) is 2.98. The van der Waals surface area contributed by atoms with Gasteiger partial charge in [-0.05, 0) is 67.3 Å². The van der Waals surface area contributed by atoms with E-state index in [-0.39, 0.29) is 5.91 Å². The van der Waals surface area contributed by atoms with Crippen LogP contribution in [0.25, 0.3) is 0 Å². The number of carbonyl (C=O) groups excluding carboxylic acids is 1. The van der Waals surface area contributed by atoms with Gasteiger partial charge in [0.1, 0.15) is 0 Å². The standard InChI is InChI=1S/C15H20INO2/c1-11-5-3-6-12(13(11)16)14(18)17-9-4-7-15(2,19)8-10-17/h3,5-6,19H,4,7-10H2,1-2H3. The molecule has 0 aromatic heterocycles. The second-order valence-electron chi connectivity index (χ2n) is 5.58. The van der Waals surface area contributed by atoms with Crippen molar-refractivity contribution in [1.82, 2.24) is 4.90 Å². The van der Waals surface area contributed by atoms with Gasteiger partial charge in [0.2, 0.25) is 0 Å². The molecule has 1 heterocycles. The molecule has 104 valence electrons. The van der Waals surface area contributed by atoms with Gasteiger partial charge in [0, 0.05) is 16.7 Å². The average Bonchev–Trinajstić information content (AvgIpc) is 2.53. The molecule has 1 atom stereocenters. The van der Waals surface area contributed by atoms with Crippen LogP contribution in [0.15, 0.2) is 18.2 Å². The fourth-order valence-electron chi connectivity index (χ4n) is 2.45. The van der Waals surface area contributed by atoms with Gasteiger partial charge < -0.3 is 10.0 Å². The number of likely N-dealkylation sites (tertiary alicyclic amines) is 1. The summed E-state index contributed by atoms with van der Waals surface area (Å²) in [5, 5.41) is 10.1. The predicted molar refractivity (Wildman–Crippen MR) is 84.3 cm³/mol. The lowest BCUT2D eigenvalue weighted by Gasteiger charge is -2.23. The fourth-order valence-corrected chi connectivity index (χ4v) is 3.04. The Hall–Kier alpha value is -0.620. The van der Waals surface area contributed by atoms with Crippen molar-refractivity contribution in [2.75, 3.05) is 13.1 Å². The minimum Gasteiger partial charge on any atom is -0.390 e. The molecule has 1 unspecified atom stereocenters. The minimum atomic E-state index is -0.630. The van der Waals surface area contributed by atoms with Crippen LogP contribution in [0.4, 0.5) is 0 Å². The van der Waals surface area contributed by atoms with E-state index in [1.807, 2.05) is 36.9 Å². The number of aryl methyl sites for hydroxylation is 1. The van der Waals surface area contributed by atoms with E-state index in [9.17, 15) is 9.90 Å². The van der Waals surface area contributed by atoms with Crippen molar-refractivity contribution in [2.24, 2.45) is 0 Å². The minimum absolute atomic E-state index is 0.0887. The summed E-state index contributed by atoms with van der Waals surface area (Å²) in [4.78, 5) is 14.4. The van der Waals surface area contributed by atoms with Crippen molar-refractivity contribution < 1.29 is 9.90 Å². The lowest BCUT2D eigenvalue weighted by molar-refractivity contribution is 0.0438. The molecule has 1 saturated heterocycles. The van der Waals surface area contributed by atoms with Gasteiger partial charge in [-0.15, -0.1) is 0 Å². The Kier molecular flexibility index (Phi) is 4.50. The highest BCUT2D eigenvalue weighted by Crippen LogP contribution is 2.24. The van der Waals surface area contributed by atoms with E-state index in [1.54, 1.807) is 0 Å². The number of carbonyl (C=O) groups is 1. The second kappa shape index (κ2) is 5.79. The Morgan fingerprint density at radius 1 is 1.37 bits per heavy atom. The number of benzene rings is 1. The Balaban J connectivity index is 2.18. The zero-order valence-corrected chi connectivity index (χ0v) is 13.6. The molecule has 2 rings (SSSR count). The molecule has 0 bridgehead atoms. The smallest absolute Gasteiger partial charge is 0.254 e. The number of amides is 1. The summed E-state index contributed by atoms with van der Waals surface area (Å²) in [6, 6.07) is 5.84. The molecule has 4 heteroatoms. The highest BCUT2D eigenvalue weighted by atomic mass is 127. The van der Waals surface area contributed by atoms with Crippen LogP contribution in [0, 0.1) is 10.5 Å².